The summed E-state index contributed by atoms with van der Waals surface area (Å²) in [7, 11) is 1.67. The Bertz CT molecular complexity index is 398. The van der Waals surface area contributed by atoms with Crippen LogP contribution in [0.4, 0.5) is 4.79 Å². The van der Waals surface area contributed by atoms with E-state index in [1.807, 2.05) is 23.1 Å². The number of benzene rings is 1. The first kappa shape index (κ1) is 10.7. The lowest BCUT2D eigenvalue weighted by Gasteiger charge is -2.26. The van der Waals surface area contributed by atoms with Gasteiger partial charge < -0.3 is 10.2 Å². The van der Waals surface area contributed by atoms with Crippen LogP contribution in [0, 0.1) is 0 Å². The van der Waals surface area contributed by atoms with Gasteiger partial charge in [-0.05, 0) is 17.6 Å². The standard InChI is InChI=1S/C13H16N2O/c1-14-13(16)15-9-7-12(8-10-15)11-5-3-2-4-6-11/h2-7H,8-10H2,1H3,(H,14,16). The Hall–Kier alpha value is -1.77. The molecule has 1 aromatic rings. The molecule has 1 aliphatic heterocycles. The van der Waals surface area contributed by atoms with E-state index >= 15 is 0 Å². The highest BCUT2D eigenvalue weighted by Gasteiger charge is 2.16. The zero-order chi connectivity index (χ0) is 11.4. The van der Waals surface area contributed by atoms with Gasteiger partial charge >= 0.3 is 6.03 Å². The minimum absolute atomic E-state index is 0.00311. The van der Waals surface area contributed by atoms with Crippen molar-refractivity contribution < 1.29 is 4.79 Å². The van der Waals surface area contributed by atoms with Gasteiger partial charge in [0.05, 0.1) is 0 Å². The maximum absolute atomic E-state index is 11.4. The van der Waals surface area contributed by atoms with Crippen molar-refractivity contribution in [1.29, 1.82) is 0 Å². The van der Waals surface area contributed by atoms with Crippen LogP contribution in [0.5, 0.6) is 0 Å². The van der Waals surface area contributed by atoms with Gasteiger partial charge in [0, 0.05) is 20.1 Å². The van der Waals surface area contributed by atoms with E-state index in [0.29, 0.717) is 6.54 Å². The highest BCUT2D eigenvalue weighted by atomic mass is 16.2. The predicted molar refractivity (Wildman–Crippen MR) is 65.1 cm³/mol. The molecule has 3 nitrogen and oxygen atoms in total. The number of carbonyl (C=O) groups excluding carboxylic acids is 1. The molecule has 1 aromatic carbocycles. The average molecular weight is 216 g/mol. The molecule has 84 valence electrons. The first-order valence-corrected chi connectivity index (χ1v) is 5.52. The lowest BCUT2D eigenvalue weighted by atomic mass is 10.00. The fourth-order valence-electron chi connectivity index (χ4n) is 1.93. The first-order valence-electron chi connectivity index (χ1n) is 5.52. The zero-order valence-electron chi connectivity index (χ0n) is 9.44. The van der Waals surface area contributed by atoms with E-state index in [-0.39, 0.29) is 6.03 Å². The van der Waals surface area contributed by atoms with Gasteiger partial charge in [-0.25, -0.2) is 4.79 Å². The van der Waals surface area contributed by atoms with E-state index in [4.69, 9.17) is 0 Å². The molecule has 0 bridgehead atoms. The number of hydrogen-bond donors (Lipinski definition) is 1. The number of carbonyl (C=O) groups is 1. The molecular formula is C13H16N2O. The quantitative estimate of drug-likeness (QED) is 0.766. The third kappa shape index (κ3) is 2.24. The molecule has 16 heavy (non-hydrogen) atoms. The largest absolute Gasteiger partial charge is 0.341 e. The van der Waals surface area contributed by atoms with Crippen LogP contribution in [0.15, 0.2) is 36.4 Å². The molecule has 0 spiro atoms. The maximum Gasteiger partial charge on any atom is 0.317 e. The molecule has 0 atom stereocenters. The van der Waals surface area contributed by atoms with Crippen LogP contribution >= 0.6 is 0 Å². The van der Waals surface area contributed by atoms with Gasteiger partial charge in [0.15, 0.2) is 0 Å². The molecule has 2 rings (SSSR count). The molecule has 0 saturated carbocycles. The van der Waals surface area contributed by atoms with E-state index < -0.39 is 0 Å². The summed E-state index contributed by atoms with van der Waals surface area (Å²) in [6.45, 7) is 1.49. The Labute approximate surface area is 95.8 Å². The van der Waals surface area contributed by atoms with Gasteiger partial charge in [0.2, 0.25) is 0 Å². The van der Waals surface area contributed by atoms with E-state index in [2.05, 4.69) is 23.5 Å². The summed E-state index contributed by atoms with van der Waals surface area (Å²) >= 11 is 0. The molecular weight excluding hydrogens is 200 g/mol. The topological polar surface area (TPSA) is 32.3 Å². The summed E-state index contributed by atoms with van der Waals surface area (Å²) in [5, 5.41) is 2.65. The van der Waals surface area contributed by atoms with E-state index in [0.717, 1.165) is 13.0 Å². The highest BCUT2D eigenvalue weighted by molar-refractivity contribution is 5.76. The molecule has 1 N–H and O–H groups in total. The van der Waals surface area contributed by atoms with Crippen LogP contribution < -0.4 is 5.32 Å². The van der Waals surface area contributed by atoms with Gasteiger partial charge in [-0.3, -0.25) is 0 Å². The number of urea groups is 1. The summed E-state index contributed by atoms with van der Waals surface area (Å²) in [4.78, 5) is 13.2. The summed E-state index contributed by atoms with van der Waals surface area (Å²) in [6.07, 6.45) is 3.06. The van der Waals surface area contributed by atoms with Crippen molar-refractivity contribution in [1.82, 2.24) is 10.2 Å². The molecule has 1 aliphatic rings. The summed E-state index contributed by atoms with van der Waals surface area (Å²) in [6, 6.07) is 10.3. The van der Waals surface area contributed by atoms with Crippen molar-refractivity contribution in [3.05, 3.63) is 42.0 Å². The van der Waals surface area contributed by atoms with E-state index in [9.17, 15) is 4.79 Å². The van der Waals surface area contributed by atoms with Gasteiger partial charge in [0.25, 0.3) is 0 Å². The second-order valence-corrected chi connectivity index (χ2v) is 3.85. The molecule has 0 fully saturated rings. The third-order valence-electron chi connectivity index (χ3n) is 2.85. The van der Waals surface area contributed by atoms with E-state index in [1.165, 1.54) is 11.1 Å². The normalized spacial score (nSPS) is 15.6. The number of hydrogen-bond acceptors (Lipinski definition) is 1. The summed E-state index contributed by atoms with van der Waals surface area (Å²) < 4.78 is 0. The van der Waals surface area contributed by atoms with E-state index in [1.54, 1.807) is 7.05 Å². The summed E-state index contributed by atoms with van der Waals surface area (Å²) in [5.74, 6) is 0. The molecule has 0 aromatic heterocycles. The monoisotopic (exact) mass is 216 g/mol. The Balaban J connectivity index is 2.07. The van der Waals surface area contributed by atoms with Crippen LogP contribution in [0.2, 0.25) is 0 Å². The molecule has 0 aliphatic carbocycles. The molecule has 1 heterocycles. The lowest BCUT2D eigenvalue weighted by molar-refractivity contribution is 0.205. The van der Waals surface area contributed by atoms with Crippen LogP contribution in [-0.4, -0.2) is 31.1 Å². The third-order valence-corrected chi connectivity index (χ3v) is 2.85. The van der Waals surface area contributed by atoms with Crippen LogP contribution in [-0.2, 0) is 0 Å². The second-order valence-electron chi connectivity index (χ2n) is 3.85. The fourth-order valence-corrected chi connectivity index (χ4v) is 1.93. The Morgan fingerprint density at radius 3 is 2.62 bits per heavy atom. The lowest BCUT2D eigenvalue weighted by Crippen LogP contribution is -2.40. The minimum atomic E-state index is 0.00311. The molecule has 0 saturated heterocycles. The average Bonchev–Trinajstić information content (AvgIpc) is 2.39. The van der Waals surface area contributed by atoms with Crippen molar-refractivity contribution in [2.75, 3.05) is 20.1 Å². The Kier molecular flexibility index (Phi) is 3.25. The molecule has 0 unspecified atom stereocenters. The summed E-state index contributed by atoms with van der Waals surface area (Å²) in [5.41, 5.74) is 2.60. The van der Waals surface area contributed by atoms with Crippen molar-refractivity contribution in [3.8, 4) is 0 Å². The Morgan fingerprint density at radius 1 is 1.31 bits per heavy atom. The number of amides is 2. The maximum atomic E-state index is 11.4. The van der Waals surface area contributed by atoms with Crippen molar-refractivity contribution in [2.24, 2.45) is 0 Å². The highest BCUT2D eigenvalue weighted by Crippen LogP contribution is 2.21. The minimum Gasteiger partial charge on any atom is -0.341 e. The Morgan fingerprint density at radius 2 is 2.06 bits per heavy atom. The predicted octanol–water partition coefficient (Wildman–Crippen LogP) is 2.12. The molecule has 2 amide bonds. The fraction of sp³-hybridized carbons (Fsp3) is 0.308. The SMILES string of the molecule is CNC(=O)N1CC=C(c2ccccc2)CC1. The second kappa shape index (κ2) is 4.84. The van der Waals surface area contributed by atoms with Crippen molar-refractivity contribution >= 4 is 11.6 Å². The molecule has 0 radical (unpaired) electrons. The van der Waals surface area contributed by atoms with Crippen molar-refractivity contribution in [2.45, 2.75) is 6.42 Å². The van der Waals surface area contributed by atoms with Gasteiger partial charge in [-0.1, -0.05) is 36.4 Å². The zero-order valence-corrected chi connectivity index (χ0v) is 9.44. The van der Waals surface area contributed by atoms with Gasteiger partial charge in [0.1, 0.15) is 0 Å². The smallest absolute Gasteiger partial charge is 0.317 e. The van der Waals surface area contributed by atoms with Gasteiger partial charge in [-0.2, -0.15) is 0 Å². The number of nitrogens with one attached hydrogen (secondary N) is 1. The van der Waals surface area contributed by atoms with Crippen LogP contribution in [0.1, 0.15) is 12.0 Å². The van der Waals surface area contributed by atoms with Crippen molar-refractivity contribution in [3.63, 3.8) is 0 Å². The molecule has 3 heteroatoms. The van der Waals surface area contributed by atoms with Crippen LogP contribution in [0.3, 0.4) is 0 Å². The van der Waals surface area contributed by atoms with Crippen LogP contribution in [0.25, 0.3) is 5.57 Å². The number of rotatable bonds is 1. The number of nitrogens with zero attached hydrogens (tertiary/aromatic N) is 1. The van der Waals surface area contributed by atoms with Gasteiger partial charge in [-0.15, -0.1) is 0 Å². The first-order chi connectivity index (χ1) is 7.81.